The molecule has 2 N–H and O–H groups in total. The molecule has 0 aromatic carbocycles. The third kappa shape index (κ3) is 6.22. The number of guanidine groups is 1. The molecule has 1 atom stereocenters. The van der Waals surface area contributed by atoms with Gasteiger partial charge in [-0.2, -0.15) is 0 Å². The van der Waals surface area contributed by atoms with Crippen LogP contribution in [0.3, 0.4) is 0 Å². The van der Waals surface area contributed by atoms with Crippen molar-refractivity contribution < 1.29 is 0 Å². The van der Waals surface area contributed by atoms with Crippen LogP contribution in [0.4, 0.5) is 0 Å². The van der Waals surface area contributed by atoms with Gasteiger partial charge in [0, 0.05) is 26.1 Å². The highest BCUT2D eigenvalue weighted by Gasteiger charge is 2.16. The first-order valence-electron chi connectivity index (χ1n) is 9.21. The maximum Gasteiger partial charge on any atom is 0.191 e. The van der Waals surface area contributed by atoms with Crippen LogP contribution in [0.25, 0.3) is 0 Å². The van der Waals surface area contributed by atoms with Crippen molar-refractivity contribution in [2.75, 3.05) is 13.1 Å². The third-order valence-electron chi connectivity index (χ3n) is 4.51. The van der Waals surface area contributed by atoms with E-state index in [1.165, 1.54) is 32.1 Å². The lowest BCUT2D eigenvalue weighted by Crippen LogP contribution is -2.39. The highest BCUT2D eigenvalue weighted by Crippen LogP contribution is 2.14. The van der Waals surface area contributed by atoms with Gasteiger partial charge in [-0.25, -0.2) is 4.99 Å². The number of aryl methyl sites for hydroxylation is 1. The summed E-state index contributed by atoms with van der Waals surface area (Å²) in [6.07, 6.45) is 7.30. The van der Waals surface area contributed by atoms with Crippen molar-refractivity contribution in [2.45, 2.75) is 72.4 Å². The van der Waals surface area contributed by atoms with Crippen LogP contribution in [0.2, 0.25) is 0 Å². The van der Waals surface area contributed by atoms with Crippen molar-refractivity contribution in [3.8, 4) is 0 Å². The molecule has 0 fully saturated rings. The summed E-state index contributed by atoms with van der Waals surface area (Å²) >= 11 is 0. The van der Waals surface area contributed by atoms with Crippen molar-refractivity contribution in [1.29, 1.82) is 0 Å². The van der Waals surface area contributed by atoms with Gasteiger partial charge in [-0.05, 0) is 25.7 Å². The minimum absolute atomic E-state index is 0. The Kier molecular flexibility index (Phi) is 10.3. The molecule has 0 saturated carbocycles. The molecule has 1 aromatic heterocycles. The van der Waals surface area contributed by atoms with Gasteiger partial charge in [0.15, 0.2) is 11.8 Å². The number of unbranched alkanes of at least 4 members (excludes halogenated alkanes) is 1. The SMILES string of the molecule is CCCCC(CC)CNC(=NCc1nnc2n1CCC2)NCC.I. The van der Waals surface area contributed by atoms with E-state index < -0.39 is 0 Å². The van der Waals surface area contributed by atoms with Crippen molar-refractivity contribution in [1.82, 2.24) is 25.4 Å². The molecule has 1 aromatic rings. The minimum atomic E-state index is 0. The van der Waals surface area contributed by atoms with Gasteiger partial charge in [0.25, 0.3) is 0 Å². The maximum absolute atomic E-state index is 4.69. The molecule has 0 radical (unpaired) electrons. The van der Waals surface area contributed by atoms with E-state index >= 15 is 0 Å². The number of nitrogens with zero attached hydrogens (tertiary/aromatic N) is 4. The van der Waals surface area contributed by atoms with E-state index in [0.717, 1.165) is 49.6 Å². The van der Waals surface area contributed by atoms with Gasteiger partial charge >= 0.3 is 0 Å². The molecule has 7 heteroatoms. The molecule has 2 heterocycles. The van der Waals surface area contributed by atoms with Crippen molar-refractivity contribution in [2.24, 2.45) is 10.9 Å². The Morgan fingerprint density at radius 2 is 2.08 bits per heavy atom. The molecule has 138 valence electrons. The van der Waals surface area contributed by atoms with Crippen LogP contribution in [0, 0.1) is 5.92 Å². The molecule has 0 spiro atoms. The van der Waals surface area contributed by atoms with Gasteiger partial charge in [-0.3, -0.25) is 0 Å². The van der Waals surface area contributed by atoms with Crippen molar-refractivity contribution >= 4 is 29.9 Å². The molecule has 0 aliphatic carbocycles. The highest BCUT2D eigenvalue weighted by molar-refractivity contribution is 14.0. The zero-order chi connectivity index (χ0) is 16.5. The number of nitrogens with one attached hydrogen (secondary N) is 2. The summed E-state index contributed by atoms with van der Waals surface area (Å²) in [6, 6.07) is 0. The Morgan fingerprint density at radius 3 is 2.79 bits per heavy atom. The van der Waals surface area contributed by atoms with Gasteiger partial charge < -0.3 is 15.2 Å². The molecule has 24 heavy (non-hydrogen) atoms. The second-order valence-electron chi connectivity index (χ2n) is 6.28. The van der Waals surface area contributed by atoms with E-state index in [1.807, 2.05) is 0 Å². The molecule has 0 saturated heterocycles. The lowest BCUT2D eigenvalue weighted by atomic mass is 9.99. The number of rotatable bonds is 9. The quantitative estimate of drug-likeness (QED) is 0.346. The second kappa shape index (κ2) is 11.7. The Bertz CT molecular complexity index is 499. The van der Waals surface area contributed by atoms with E-state index in [0.29, 0.717) is 6.54 Å². The summed E-state index contributed by atoms with van der Waals surface area (Å²) in [7, 11) is 0. The van der Waals surface area contributed by atoms with E-state index in [9.17, 15) is 0 Å². The number of fused-ring (bicyclic) bond motifs is 1. The maximum atomic E-state index is 4.69. The topological polar surface area (TPSA) is 67.1 Å². The summed E-state index contributed by atoms with van der Waals surface area (Å²) in [4.78, 5) is 4.69. The fraction of sp³-hybridized carbons (Fsp3) is 0.824. The van der Waals surface area contributed by atoms with Crippen LogP contribution >= 0.6 is 24.0 Å². The van der Waals surface area contributed by atoms with Gasteiger partial charge in [-0.1, -0.05) is 33.1 Å². The fourth-order valence-electron chi connectivity index (χ4n) is 3.00. The summed E-state index contributed by atoms with van der Waals surface area (Å²) < 4.78 is 2.21. The van der Waals surface area contributed by atoms with Crippen LogP contribution < -0.4 is 10.6 Å². The van der Waals surface area contributed by atoms with Crippen LogP contribution in [-0.2, 0) is 19.5 Å². The van der Waals surface area contributed by atoms with Gasteiger partial charge in [0.05, 0.1) is 0 Å². The Balaban J connectivity index is 0.00000288. The largest absolute Gasteiger partial charge is 0.357 e. The summed E-state index contributed by atoms with van der Waals surface area (Å²) in [6.45, 7) is 10.1. The minimum Gasteiger partial charge on any atom is -0.357 e. The predicted octanol–water partition coefficient (Wildman–Crippen LogP) is 3.11. The Hall–Kier alpha value is -0.860. The number of hydrogen-bond donors (Lipinski definition) is 2. The Labute approximate surface area is 163 Å². The average Bonchev–Trinajstić information content (AvgIpc) is 3.16. The zero-order valence-electron chi connectivity index (χ0n) is 15.3. The first kappa shape index (κ1) is 21.2. The molecule has 0 amide bonds. The summed E-state index contributed by atoms with van der Waals surface area (Å²) in [5.74, 6) is 3.69. The molecule has 1 aliphatic rings. The van der Waals surface area contributed by atoms with Crippen LogP contribution in [-0.4, -0.2) is 33.8 Å². The lowest BCUT2D eigenvalue weighted by molar-refractivity contribution is 0.443. The highest BCUT2D eigenvalue weighted by atomic mass is 127. The molecule has 6 nitrogen and oxygen atoms in total. The number of aromatic nitrogens is 3. The zero-order valence-corrected chi connectivity index (χ0v) is 17.7. The van der Waals surface area contributed by atoms with Crippen molar-refractivity contribution in [3.63, 3.8) is 0 Å². The smallest absolute Gasteiger partial charge is 0.191 e. The lowest BCUT2D eigenvalue weighted by Gasteiger charge is -2.17. The monoisotopic (exact) mass is 448 g/mol. The number of halogens is 1. The van der Waals surface area contributed by atoms with Gasteiger partial charge in [0.1, 0.15) is 12.4 Å². The average molecular weight is 448 g/mol. The molecule has 1 unspecified atom stereocenters. The molecule has 2 rings (SSSR count). The van der Waals surface area contributed by atoms with E-state index in [4.69, 9.17) is 4.99 Å². The third-order valence-corrected chi connectivity index (χ3v) is 4.51. The van der Waals surface area contributed by atoms with Gasteiger partial charge in [-0.15, -0.1) is 34.2 Å². The number of aliphatic imine (C=N–C) groups is 1. The Morgan fingerprint density at radius 1 is 1.25 bits per heavy atom. The van der Waals surface area contributed by atoms with Crippen molar-refractivity contribution in [3.05, 3.63) is 11.6 Å². The summed E-state index contributed by atoms with van der Waals surface area (Å²) in [5, 5.41) is 15.3. The van der Waals surface area contributed by atoms with Crippen LogP contribution in [0.5, 0.6) is 0 Å². The standard InChI is InChI=1S/C17H32N6.HI/c1-4-7-9-14(5-2)12-19-17(18-6-3)20-13-16-22-21-15-10-8-11-23(15)16;/h14H,4-13H2,1-3H3,(H2,18,19,20);1H. The summed E-state index contributed by atoms with van der Waals surface area (Å²) in [5.41, 5.74) is 0. The predicted molar refractivity (Wildman–Crippen MR) is 110 cm³/mol. The molecular formula is C17H33IN6. The normalized spacial score (nSPS) is 14.9. The molecule has 1 aliphatic heterocycles. The van der Waals surface area contributed by atoms with E-state index in [-0.39, 0.29) is 24.0 Å². The van der Waals surface area contributed by atoms with Crippen LogP contribution in [0.15, 0.2) is 4.99 Å². The number of hydrogen-bond acceptors (Lipinski definition) is 3. The second-order valence-corrected chi connectivity index (χ2v) is 6.28. The van der Waals surface area contributed by atoms with Crippen LogP contribution in [0.1, 0.15) is 64.5 Å². The molecule has 0 bridgehead atoms. The first-order valence-corrected chi connectivity index (χ1v) is 9.21. The van der Waals surface area contributed by atoms with Gasteiger partial charge in [0.2, 0.25) is 0 Å². The fourth-order valence-corrected chi connectivity index (χ4v) is 3.00. The molecular weight excluding hydrogens is 415 g/mol. The van der Waals surface area contributed by atoms with E-state index in [1.54, 1.807) is 0 Å². The first-order chi connectivity index (χ1) is 11.3. The van der Waals surface area contributed by atoms with E-state index in [2.05, 4.69) is 46.2 Å².